The molecule has 0 atom stereocenters. The molecule has 220 valence electrons. The van der Waals surface area contributed by atoms with Crippen LogP contribution in [0.1, 0.15) is 0 Å². The molecule has 0 aliphatic rings. The Bertz CT molecular complexity index is 2810. The third kappa shape index (κ3) is 4.04. The van der Waals surface area contributed by atoms with Gasteiger partial charge in [0, 0.05) is 53.6 Å². The van der Waals surface area contributed by atoms with Gasteiger partial charge >= 0.3 is 0 Å². The van der Waals surface area contributed by atoms with E-state index in [4.69, 9.17) is 4.42 Å². The lowest BCUT2D eigenvalue weighted by Gasteiger charge is -2.29. The number of para-hydroxylation sites is 2. The van der Waals surface area contributed by atoms with Crippen LogP contribution in [0.4, 0.5) is 17.1 Å². The molecule has 2 heterocycles. The Morgan fingerprint density at radius 2 is 1.11 bits per heavy atom. The van der Waals surface area contributed by atoms with Crippen LogP contribution in [0.25, 0.3) is 74.8 Å². The molecule has 8 aromatic carbocycles. The zero-order chi connectivity index (χ0) is 30.9. The minimum absolute atomic E-state index is 0.879. The molecule has 0 amide bonds. The second kappa shape index (κ2) is 10.3. The monoisotopic (exact) mass is 617 g/mol. The Balaban J connectivity index is 1.32. The average molecular weight is 618 g/mol. The Labute approximate surface area is 275 Å². The Morgan fingerprint density at radius 3 is 2.00 bits per heavy atom. The fourth-order valence-corrected chi connectivity index (χ4v) is 8.53. The van der Waals surface area contributed by atoms with E-state index in [1.165, 1.54) is 52.8 Å². The van der Waals surface area contributed by atoms with Gasteiger partial charge in [-0.1, -0.05) is 121 Å². The maximum Gasteiger partial charge on any atom is 0.137 e. The highest BCUT2D eigenvalue weighted by atomic mass is 32.1. The molecule has 0 spiro atoms. The molecule has 0 saturated heterocycles. The largest absolute Gasteiger partial charge is 0.456 e. The van der Waals surface area contributed by atoms with Gasteiger partial charge in [-0.05, 0) is 58.1 Å². The molecule has 0 bridgehead atoms. The number of hydrogen-bond donors (Lipinski definition) is 0. The van der Waals surface area contributed by atoms with Crippen LogP contribution in [-0.4, -0.2) is 0 Å². The van der Waals surface area contributed by atoms with Crippen LogP contribution in [0.2, 0.25) is 0 Å². The Kier molecular flexibility index (Phi) is 5.78. The van der Waals surface area contributed by atoms with E-state index in [0.717, 1.165) is 39.0 Å². The van der Waals surface area contributed by atoms with Gasteiger partial charge in [0.05, 0.1) is 11.4 Å². The summed E-state index contributed by atoms with van der Waals surface area (Å²) in [7, 11) is 0. The summed E-state index contributed by atoms with van der Waals surface area (Å²) in [5.74, 6) is 0. The van der Waals surface area contributed by atoms with Gasteiger partial charge in [0.25, 0.3) is 0 Å². The summed E-state index contributed by atoms with van der Waals surface area (Å²) in [6.45, 7) is 0. The van der Waals surface area contributed by atoms with Gasteiger partial charge in [0.15, 0.2) is 0 Å². The number of fused-ring (bicyclic) bond motifs is 10. The predicted octanol–water partition coefficient (Wildman–Crippen LogP) is 13.4. The van der Waals surface area contributed by atoms with E-state index in [9.17, 15) is 0 Å². The first kappa shape index (κ1) is 26.3. The van der Waals surface area contributed by atoms with Gasteiger partial charge in [-0.15, -0.1) is 11.3 Å². The van der Waals surface area contributed by atoms with Crippen molar-refractivity contribution in [3.63, 3.8) is 0 Å². The predicted molar refractivity (Wildman–Crippen MR) is 202 cm³/mol. The van der Waals surface area contributed by atoms with Crippen molar-refractivity contribution in [2.75, 3.05) is 4.90 Å². The van der Waals surface area contributed by atoms with Crippen molar-refractivity contribution in [1.29, 1.82) is 0 Å². The number of benzene rings is 8. The molecule has 10 rings (SSSR count). The zero-order valence-corrected chi connectivity index (χ0v) is 26.2. The highest BCUT2D eigenvalue weighted by Crippen LogP contribution is 2.49. The molecule has 2 aromatic heterocycles. The molecule has 0 saturated carbocycles. The minimum Gasteiger partial charge on any atom is -0.456 e. The molecule has 0 N–H and O–H groups in total. The maximum absolute atomic E-state index is 6.44. The summed E-state index contributed by atoms with van der Waals surface area (Å²) in [4.78, 5) is 2.43. The quantitative estimate of drug-likeness (QED) is 0.195. The highest BCUT2D eigenvalue weighted by molar-refractivity contribution is 7.26. The fraction of sp³-hybridized carbons (Fsp3) is 0. The molecule has 2 nitrogen and oxygen atoms in total. The number of nitrogens with zero attached hydrogens (tertiary/aromatic N) is 1. The number of thiophene rings is 1. The number of anilines is 3. The van der Waals surface area contributed by atoms with Crippen LogP contribution in [-0.2, 0) is 0 Å². The number of hydrogen-bond acceptors (Lipinski definition) is 3. The van der Waals surface area contributed by atoms with E-state index < -0.39 is 0 Å². The van der Waals surface area contributed by atoms with E-state index >= 15 is 0 Å². The van der Waals surface area contributed by atoms with Crippen molar-refractivity contribution in [1.82, 2.24) is 0 Å². The minimum atomic E-state index is 0.879. The topological polar surface area (TPSA) is 16.4 Å². The van der Waals surface area contributed by atoms with Crippen LogP contribution < -0.4 is 4.90 Å². The Morgan fingerprint density at radius 1 is 0.426 bits per heavy atom. The second-order valence-electron chi connectivity index (χ2n) is 12.1. The smallest absolute Gasteiger partial charge is 0.137 e. The fourth-order valence-electron chi connectivity index (χ4n) is 7.36. The van der Waals surface area contributed by atoms with Crippen LogP contribution in [0.3, 0.4) is 0 Å². The SMILES string of the molecule is c1ccc(-c2ccccc2N(c2ccc3c(c2)oc2ccccc23)c2cc3sc4ccc5ccccc5c4c3c3ccccc23)cc1. The molecular weight excluding hydrogens is 591 g/mol. The zero-order valence-electron chi connectivity index (χ0n) is 25.4. The highest BCUT2D eigenvalue weighted by Gasteiger charge is 2.23. The molecular formula is C44H27NOS. The molecule has 47 heavy (non-hydrogen) atoms. The first-order chi connectivity index (χ1) is 23.3. The van der Waals surface area contributed by atoms with E-state index in [1.54, 1.807) is 0 Å². The molecule has 10 aromatic rings. The van der Waals surface area contributed by atoms with Crippen LogP contribution >= 0.6 is 11.3 Å². The molecule has 0 fully saturated rings. The van der Waals surface area contributed by atoms with Crippen molar-refractivity contribution in [2.24, 2.45) is 0 Å². The molecule has 3 heteroatoms. The van der Waals surface area contributed by atoms with Gasteiger partial charge in [0.2, 0.25) is 0 Å². The van der Waals surface area contributed by atoms with Crippen molar-refractivity contribution in [2.45, 2.75) is 0 Å². The first-order valence-corrected chi connectivity index (χ1v) is 16.7. The molecule has 0 aliphatic carbocycles. The van der Waals surface area contributed by atoms with Crippen molar-refractivity contribution >= 4 is 92.1 Å². The standard InChI is InChI=1S/C44H27NOS/c1-2-12-28(13-3-1)31-15-8-10-20-37(31)45(30-23-24-35-34-18-9-11-21-39(34)46-40(35)26-30)38-27-42-44(36-19-7-6-17-33(36)38)43-32-16-5-4-14-29(32)22-25-41(43)47-42/h1-27H. The van der Waals surface area contributed by atoms with Crippen LogP contribution in [0.15, 0.2) is 168 Å². The number of rotatable bonds is 4. The van der Waals surface area contributed by atoms with E-state index in [0.29, 0.717) is 0 Å². The van der Waals surface area contributed by atoms with Crippen molar-refractivity contribution in [3.05, 3.63) is 164 Å². The summed E-state index contributed by atoms with van der Waals surface area (Å²) in [5, 5.41) is 9.96. The second-order valence-corrected chi connectivity index (χ2v) is 13.2. The third-order valence-electron chi connectivity index (χ3n) is 9.44. The maximum atomic E-state index is 6.44. The van der Waals surface area contributed by atoms with Crippen LogP contribution in [0.5, 0.6) is 0 Å². The van der Waals surface area contributed by atoms with Crippen molar-refractivity contribution < 1.29 is 4.42 Å². The lowest BCUT2D eigenvalue weighted by Crippen LogP contribution is -2.11. The first-order valence-electron chi connectivity index (χ1n) is 15.9. The van der Waals surface area contributed by atoms with Crippen molar-refractivity contribution in [3.8, 4) is 11.1 Å². The molecule has 0 unspecified atom stereocenters. The van der Waals surface area contributed by atoms with Gasteiger partial charge < -0.3 is 9.32 Å². The number of furan rings is 1. The molecule has 0 aliphatic heterocycles. The lowest BCUT2D eigenvalue weighted by molar-refractivity contribution is 0.669. The molecule has 0 radical (unpaired) electrons. The van der Waals surface area contributed by atoms with Gasteiger partial charge in [-0.3, -0.25) is 0 Å². The summed E-state index contributed by atoms with van der Waals surface area (Å²) in [6.07, 6.45) is 0. The summed E-state index contributed by atoms with van der Waals surface area (Å²) >= 11 is 1.87. The third-order valence-corrected chi connectivity index (χ3v) is 10.5. The van der Waals surface area contributed by atoms with Gasteiger partial charge in [-0.25, -0.2) is 0 Å². The average Bonchev–Trinajstić information content (AvgIpc) is 3.71. The normalized spacial score (nSPS) is 11.8. The van der Waals surface area contributed by atoms with Gasteiger partial charge in [-0.2, -0.15) is 0 Å². The van der Waals surface area contributed by atoms with E-state index in [1.807, 2.05) is 23.5 Å². The summed E-state index contributed by atoms with van der Waals surface area (Å²) in [6, 6.07) is 58.9. The van der Waals surface area contributed by atoms with Crippen LogP contribution in [0, 0.1) is 0 Å². The Hall–Kier alpha value is -5.90. The summed E-state index contributed by atoms with van der Waals surface area (Å²) < 4.78 is 9.03. The summed E-state index contributed by atoms with van der Waals surface area (Å²) in [5.41, 5.74) is 7.44. The van der Waals surface area contributed by atoms with E-state index in [2.05, 4.69) is 157 Å². The van der Waals surface area contributed by atoms with Gasteiger partial charge in [0.1, 0.15) is 11.2 Å². The van der Waals surface area contributed by atoms with E-state index in [-0.39, 0.29) is 0 Å². The lowest BCUT2D eigenvalue weighted by atomic mass is 9.97.